The van der Waals surface area contributed by atoms with Crippen molar-refractivity contribution in [2.24, 2.45) is 5.92 Å². The Morgan fingerprint density at radius 3 is 2.83 bits per heavy atom. The summed E-state index contributed by atoms with van der Waals surface area (Å²) >= 11 is 0.942. The SMILES string of the molecule is [2H][C@]1(NC(=O)[C@H](C)CNC(=O)c2sc(C(=O)NC)nc2C)C(=O)N2CCCN2Cc2cc(F)ccc21. The van der Waals surface area contributed by atoms with Crippen molar-refractivity contribution in [1.82, 2.24) is 31.0 Å². The predicted octanol–water partition coefficient (Wildman–Crippen LogP) is 1.14. The van der Waals surface area contributed by atoms with Gasteiger partial charge in [-0.2, -0.15) is 0 Å². The topological polar surface area (TPSA) is 124 Å². The minimum Gasteiger partial charge on any atom is -0.353 e. The molecule has 1 saturated heterocycles. The largest absolute Gasteiger partial charge is 0.353 e. The average molecular weight is 504 g/mol. The zero-order valence-electron chi connectivity index (χ0n) is 20.6. The van der Waals surface area contributed by atoms with Crippen LogP contribution in [0.15, 0.2) is 18.2 Å². The third kappa shape index (κ3) is 5.03. The van der Waals surface area contributed by atoms with E-state index in [1.54, 1.807) is 18.9 Å². The van der Waals surface area contributed by atoms with Gasteiger partial charge in [-0.25, -0.2) is 14.4 Å². The van der Waals surface area contributed by atoms with Gasteiger partial charge in [0.1, 0.15) is 16.7 Å². The van der Waals surface area contributed by atoms with Crippen LogP contribution in [0.3, 0.4) is 0 Å². The van der Waals surface area contributed by atoms with Gasteiger partial charge in [-0.15, -0.1) is 11.3 Å². The first kappa shape index (κ1) is 23.4. The van der Waals surface area contributed by atoms with Gasteiger partial charge in [-0.05, 0) is 36.6 Å². The van der Waals surface area contributed by atoms with E-state index < -0.39 is 41.4 Å². The highest BCUT2D eigenvalue weighted by Gasteiger charge is 2.38. The number of aryl methyl sites for hydroxylation is 1. The summed E-state index contributed by atoms with van der Waals surface area (Å²) in [7, 11) is 1.47. The number of benzene rings is 1. The Morgan fingerprint density at radius 2 is 2.09 bits per heavy atom. The first-order valence-electron chi connectivity index (χ1n) is 11.7. The monoisotopic (exact) mass is 503 g/mol. The lowest BCUT2D eigenvalue weighted by atomic mass is 9.98. The Bertz CT molecular complexity index is 1240. The van der Waals surface area contributed by atoms with Crippen LogP contribution in [0, 0.1) is 18.7 Å². The van der Waals surface area contributed by atoms with Crippen LogP contribution < -0.4 is 16.0 Å². The molecule has 0 saturated carbocycles. The van der Waals surface area contributed by atoms with Gasteiger partial charge in [-0.3, -0.25) is 24.2 Å². The van der Waals surface area contributed by atoms with Crippen molar-refractivity contribution in [2.45, 2.75) is 32.8 Å². The number of amides is 4. The molecule has 4 amide bonds. The van der Waals surface area contributed by atoms with Gasteiger partial charge in [0, 0.05) is 33.2 Å². The Labute approximate surface area is 207 Å². The van der Waals surface area contributed by atoms with Gasteiger partial charge >= 0.3 is 0 Å². The van der Waals surface area contributed by atoms with E-state index in [0.717, 1.165) is 11.3 Å². The summed E-state index contributed by atoms with van der Waals surface area (Å²) in [6.45, 7) is 4.35. The van der Waals surface area contributed by atoms with Gasteiger partial charge in [0.15, 0.2) is 5.01 Å². The molecule has 0 bridgehead atoms. The molecule has 0 radical (unpaired) electrons. The van der Waals surface area contributed by atoms with Crippen LogP contribution in [-0.4, -0.2) is 65.3 Å². The Hall–Kier alpha value is -3.38. The lowest BCUT2D eigenvalue weighted by Gasteiger charge is -2.28. The number of hydrogen-bond acceptors (Lipinski definition) is 7. The molecule has 2 aromatic rings. The highest BCUT2D eigenvalue weighted by Crippen LogP contribution is 2.30. The van der Waals surface area contributed by atoms with Crippen molar-refractivity contribution in [2.75, 3.05) is 26.7 Å². The van der Waals surface area contributed by atoms with E-state index in [4.69, 9.17) is 1.37 Å². The summed E-state index contributed by atoms with van der Waals surface area (Å²) in [5.74, 6) is -3.40. The van der Waals surface area contributed by atoms with E-state index in [1.165, 1.54) is 30.3 Å². The lowest BCUT2D eigenvalue weighted by Crippen LogP contribution is -2.47. The summed E-state index contributed by atoms with van der Waals surface area (Å²) in [5, 5.41) is 11.0. The maximum Gasteiger partial charge on any atom is 0.280 e. The first-order chi connectivity index (χ1) is 17.0. The Kier molecular flexibility index (Phi) is 6.73. The lowest BCUT2D eigenvalue weighted by molar-refractivity contribution is -0.148. The molecule has 2 aliphatic heterocycles. The van der Waals surface area contributed by atoms with Gasteiger partial charge < -0.3 is 16.0 Å². The number of thiazole rings is 1. The summed E-state index contributed by atoms with van der Waals surface area (Å²) < 4.78 is 23.0. The van der Waals surface area contributed by atoms with E-state index in [9.17, 15) is 23.6 Å². The number of hydrazine groups is 1. The molecule has 186 valence electrons. The molecule has 4 rings (SSSR count). The molecule has 0 spiro atoms. The van der Waals surface area contributed by atoms with Crippen molar-refractivity contribution >= 4 is 35.0 Å². The maximum atomic E-state index is 14.0. The second kappa shape index (κ2) is 10.1. The third-order valence-corrected chi connectivity index (χ3v) is 7.11. The highest BCUT2D eigenvalue weighted by atomic mass is 32.1. The van der Waals surface area contributed by atoms with Crippen LogP contribution in [0.1, 0.15) is 57.0 Å². The summed E-state index contributed by atoms with van der Waals surface area (Å²) in [6.07, 6.45) is 0.710. The number of rotatable bonds is 6. The summed E-state index contributed by atoms with van der Waals surface area (Å²) in [5.41, 5.74) is 1.06. The number of fused-ring (bicyclic) bond motifs is 2. The minimum absolute atomic E-state index is 0.0757. The van der Waals surface area contributed by atoms with E-state index in [-0.39, 0.29) is 28.5 Å². The molecule has 2 atom stereocenters. The fraction of sp³-hybridized carbons (Fsp3) is 0.435. The molecule has 35 heavy (non-hydrogen) atoms. The normalized spacial score (nSPS) is 20.9. The molecular weight excluding hydrogens is 475 g/mol. The minimum atomic E-state index is -2.14. The van der Waals surface area contributed by atoms with Crippen LogP contribution in [-0.2, 0) is 16.1 Å². The number of halogens is 1. The Morgan fingerprint density at radius 1 is 1.31 bits per heavy atom. The second-order valence-corrected chi connectivity index (χ2v) is 9.46. The highest BCUT2D eigenvalue weighted by molar-refractivity contribution is 7.15. The van der Waals surface area contributed by atoms with Crippen molar-refractivity contribution in [3.05, 3.63) is 50.7 Å². The zero-order valence-corrected chi connectivity index (χ0v) is 20.4. The number of nitrogens with one attached hydrogen (secondary N) is 3. The number of aromatic nitrogens is 1. The van der Waals surface area contributed by atoms with Crippen LogP contribution >= 0.6 is 11.3 Å². The van der Waals surface area contributed by atoms with Crippen molar-refractivity contribution in [1.29, 1.82) is 0 Å². The Balaban J connectivity index is 1.49. The molecule has 0 aliphatic carbocycles. The summed E-state index contributed by atoms with van der Waals surface area (Å²) in [4.78, 5) is 55.3. The van der Waals surface area contributed by atoms with E-state index >= 15 is 0 Å². The number of carbonyl (C=O) groups is 4. The number of hydrogen-bond donors (Lipinski definition) is 3. The first-order valence-corrected chi connectivity index (χ1v) is 12.0. The van der Waals surface area contributed by atoms with Crippen molar-refractivity contribution in [3.8, 4) is 0 Å². The molecule has 1 fully saturated rings. The molecule has 0 unspecified atom stereocenters. The van der Waals surface area contributed by atoms with Gasteiger partial charge in [0.05, 0.1) is 13.0 Å². The third-order valence-electron chi connectivity index (χ3n) is 5.95. The van der Waals surface area contributed by atoms with E-state index in [0.29, 0.717) is 30.8 Å². The van der Waals surface area contributed by atoms with Gasteiger partial charge in [0.2, 0.25) is 5.91 Å². The maximum absolute atomic E-state index is 14.0. The van der Waals surface area contributed by atoms with Crippen LogP contribution in [0.5, 0.6) is 0 Å². The molecule has 1 aromatic heterocycles. The molecule has 1 aromatic carbocycles. The smallest absolute Gasteiger partial charge is 0.280 e. The van der Waals surface area contributed by atoms with Crippen molar-refractivity contribution in [3.63, 3.8) is 0 Å². The molecular formula is C23H27FN6O4S. The standard InChI is InChI=1S/C23H27FN6O4S/c1-12(10-26-20(32)18-13(2)27-22(35-18)21(33)25-3)19(31)28-17-16-6-5-15(24)9-14(16)11-29-7-4-8-30(29)23(17)34/h5-6,9,12,17H,4,7-8,10-11H2,1-3H3,(H,25,33)(H,26,32)(H,28,31)/t12-,17-/m1/s1/i17D. The quantitative estimate of drug-likeness (QED) is 0.543. The fourth-order valence-corrected chi connectivity index (χ4v) is 4.96. The molecule has 2 aliphatic rings. The molecule has 3 N–H and O–H groups in total. The molecule has 3 heterocycles. The molecule has 10 nitrogen and oxygen atoms in total. The number of carbonyl (C=O) groups excluding carboxylic acids is 4. The van der Waals surface area contributed by atoms with Crippen molar-refractivity contribution < 1.29 is 24.9 Å². The van der Waals surface area contributed by atoms with E-state index in [1.807, 2.05) is 0 Å². The van der Waals surface area contributed by atoms with Gasteiger partial charge in [-0.1, -0.05) is 13.0 Å². The van der Waals surface area contributed by atoms with Gasteiger partial charge in [0.25, 0.3) is 17.7 Å². The van der Waals surface area contributed by atoms with Crippen LogP contribution in [0.2, 0.25) is 0 Å². The average Bonchev–Trinajstić information content (AvgIpc) is 3.45. The summed E-state index contributed by atoms with van der Waals surface area (Å²) in [6, 6.07) is 1.67. The molecule has 12 heteroatoms. The predicted molar refractivity (Wildman–Crippen MR) is 126 cm³/mol. The zero-order chi connectivity index (χ0) is 26.2. The second-order valence-electron chi connectivity index (χ2n) is 8.46. The van der Waals surface area contributed by atoms with Crippen LogP contribution in [0.25, 0.3) is 0 Å². The van der Waals surface area contributed by atoms with E-state index in [2.05, 4.69) is 20.9 Å². The fourth-order valence-electron chi connectivity index (χ4n) is 4.03. The van der Waals surface area contributed by atoms with Crippen LogP contribution in [0.4, 0.5) is 4.39 Å². The number of nitrogens with zero attached hydrogens (tertiary/aromatic N) is 3.